The standard InChI is InChI=1S/C23H25Cl2N3O4/c1-5-11-32-21-16(7-6-8-19(21)31-4)13-26-28-23(30)20(14(2)3)27-22(29)15-9-10-17(24)18(25)12-15/h5-10,12-14,20H,1,11H2,2-4H3,(H,27,29)(H,28,30). The van der Waals surface area contributed by atoms with Crippen molar-refractivity contribution in [2.24, 2.45) is 11.0 Å². The van der Waals surface area contributed by atoms with Crippen molar-refractivity contribution in [2.75, 3.05) is 13.7 Å². The highest BCUT2D eigenvalue weighted by Gasteiger charge is 2.25. The average Bonchev–Trinajstić information content (AvgIpc) is 2.77. The quantitative estimate of drug-likeness (QED) is 0.300. The normalized spacial score (nSPS) is 11.8. The van der Waals surface area contributed by atoms with Crippen molar-refractivity contribution in [3.63, 3.8) is 0 Å². The van der Waals surface area contributed by atoms with Crippen LogP contribution in [0.25, 0.3) is 0 Å². The Morgan fingerprint density at radius 1 is 1.19 bits per heavy atom. The van der Waals surface area contributed by atoms with Gasteiger partial charge in [0.2, 0.25) is 0 Å². The number of carbonyl (C=O) groups excluding carboxylic acids is 2. The van der Waals surface area contributed by atoms with Crippen molar-refractivity contribution in [3.8, 4) is 11.5 Å². The number of amides is 2. The fourth-order valence-electron chi connectivity index (χ4n) is 2.72. The zero-order valence-corrected chi connectivity index (χ0v) is 19.5. The Labute approximate surface area is 197 Å². The monoisotopic (exact) mass is 477 g/mol. The Bertz CT molecular complexity index is 1010. The lowest BCUT2D eigenvalue weighted by atomic mass is 10.0. The Morgan fingerprint density at radius 3 is 2.56 bits per heavy atom. The van der Waals surface area contributed by atoms with E-state index in [0.29, 0.717) is 27.6 Å². The van der Waals surface area contributed by atoms with Crippen LogP contribution in [-0.4, -0.2) is 37.8 Å². The number of halogens is 2. The number of hydrogen-bond donors (Lipinski definition) is 2. The molecule has 1 atom stereocenters. The second-order valence-electron chi connectivity index (χ2n) is 7.04. The van der Waals surface area contributed by atoms with Crippen LogP contribution >= 0.6 is 23.2 Å². The summed E-state index contributed by atoms with van der Waals surface area (Å²) in [5.41, 5.74) is 3.36. The van der Waals surface area contributed by atoms with Crippen molar-refractivity contribution in [1.82, 2.24) is 10.7 Å². The molecule has 2 aromatic carbocycles. The fraction of sp³-hybridized carbons (Fsp3) is 0.261. The molecule has 0 heterocycles. The zero-order chi connectivity index (χ0) is 23.7. The summed E-state index contributed by atoms with van der Waals surface area (Å²) in [5, 5.41) is 7.31. The topological polar surface area (TPSA) is 89.0 Å². The maximum Gasteiger partial charge on any atom is 0.262 e. The first-order valence-electron chi connectivity index (χ1n) is 9.78. The molecular formula is C23H25Cl2N3O4. The Hall–Kier alpha value is -3.03. The first kappa shape index (κ1) is 25.2. The van der Waals surface area contributed by atoms with E-state index in [2.05, 4.69) is 22.4 Å². The molecular weight excluding hydrogens is 453 g/mol. The molecule has 2 rings (SSSR count). The summed E-state index contributed by atoms with van der Waals surface area (Å²) in [5.74, 6) is -0.118. The number of hydrazone groups is 1. The van der Waals surface area contributed by atoms with Crippen molar-refractivity contribution >= 4 is 41.2 Å². The van der Waals surface area contributed by atoms with E-state index in [-0.39, 0.29) is 17.5 Å². The third-order valence-corrected chi connectivity index (χ3v) is 5.11. The maximum absolute atomic E-state index is 12.7. The van der Waals surface area contributed by atoms with Crippen LogP contribution < -0.4 is 20.2 Å². The molecule has 2 N–H and O–H groups in total. The predicted molar refractivity (Wildman–Crippen MR) is 127 cm³/mol. The second-order valence-corrected chi connectivity index (χ2v) is 7.85. The van der Waals surface area contributed by atoms with E-state index < -0.39 is 17.9 Å². The van der Waals surface area contributed by atoms with E-state index in [4.69, 9.17) is 32.7 Å². The smallest absolute Gasteiger partial charge is 0.262 e. The minimum atomic E-state index is -0.823. The van der Waals surface area contributed by atoms with Crippen LogP contribution in [0.1, 0.15) is 29.8 Å². The summed E-state index contributed by atoms with van der Waals surface area (Å²) in [6, 6.07) is 8.97. The van der Waals surface area contributed by atoms with Crippen LogP contribution in [0.15, 0.2) is 54.2 Å². The number of hydrogen-bond acceptors (Lipinski definition) is 5. The second kappa shape index (κ2) is 12.1. The molecule has 0 spiro atoms. The first-order chi connectivity index (χ1) is 15.3. The van der Waals surface area contributed by atoms with E-state index in [1.807, 2.05) is 13.8 Å². The molecule has 0 saturated heterocycles. The molecule has 32 heavy (non-hydrogen) atoms. The number of carbonyl (C=O) groups is 2. The van der Waals surface area contributed by atoms with E-state index in [9.17, 15) is 9.59 Å². The summed E-state index contributed by atoms with van der Waals surface area (Å²) in [6.07, 6.45) is 3.05. The molecule has 2 amide bonds. The molecule has 170 valence electrons. The highest BCUT2D eigenvalue weighted by atomic mass is 35.5. The van der Waals surface area contributed by atoms with Gasteiger partial charge in [0.15, 0.2) is 11.5 Å². The third-order valence-electron chi connectivity index (χ3n) is 4.37. The van der Waals surface area contributed by atoms with Gasteiger partial charge in [-0.2, -0.15) is 5.10 Å². The van der Waals surface area contributed by atoms with E-state index in [1.54, 1.807) is 24.3 Å². The number of rotatable bonds is 10. The number of benzene rings is 2. The molecule has 9 heteroatoms. The number of para-hydroxylation sites is 1. The number of nitrogens with one attached hydrogen (secondary N) is 2. The van der Waals surface area contributed by atoms with Gasteiger partial charge in [0.25, 0.3) is 11.8 Å². The lowest BCUT2D eigenvalue weighted by Crippen LogP contribution is -2.48. The molecule has 7 nitrogen and oxygen atoms in total. The summed E-state index contributed by atoms with van der Waals surface area (Å²) in [4.78, 5) is 25.3. The highest BCUT2D eigenvalue weighted by molar-refractivity contribution is 6.42. The molecule has 0 radical (unpaired) electrons. The molecule has 1 unspecified atom stereocenters. The van der Waals surface area contributed by atoms with Crippen molar-refractivity contribution < 1.29 is 19.1 Å². The van der Waals surface area contributed by atoms with Gasteiger partial charge in [0.1, 0.15) is 12.6 Å². The third kappa shape index (κ3) is 6.73. The molecule has 0 aliphatic rings. The molecule has 0 bridgehead atoms. The van der Waals surface area contributed by atoms with Crippen LogP contribution in [-0.2, 0) is 4.79 Å². The Morgan fingerprint density at radius 2 is 1.94 bits per heavy atom. The predicted octanol–water partition coefficient (Wildman–Crippen LogP) is 4.47. The number of nitrogens with zero attached hydrogens (tertiary/aromatic N) is 1. The minimum absolute atomic E-state index is 0.194. The van der Waals surface area contributed by atoms with E-state index in [1.165, 1.54) is 31.5 Å². The average molecular weight is 478 g/mol. The molecule has 2 aromatic rings. The molecule has 0 fully saturated rings. The molecule has 0 saturated carbocycles. The van der Waals surface area contributed by atoms with Crippen LogP contribution in [0.5, 0.6) is 11.5 Å². The zero-order valence-electron chi connectivity index (χ0n) is 18.0. The highest BCUT2D eigenvalue weighted by Crippen LogP contribution is 2.30. The summed E-state index contributed by atoms with van der Waals surface area (Å²) in [6.45, 7) is 7.54. The van der Waals surface area contributed by atoms with Crippen LogP contribution in [0.2, 0.25) is 10.0 Å². The fourth-order valence-corrected chi connectivity index (χ4v) is 3.02. The largest absolute Gasteiger partial charge is 0.493 e. The van der Waals surface area contributed by atoms with E-state index in [0.717, 1.165) is 0 Å². The lowest BCUT2D eigenvalue weighted by molar-refractivity contribution is -0.123. The summed E-state index contributed by atoms with van der Waals surface area (Å²) in [7, 11) is 1.53. The maximum atomic E-state index is 12.7. The van der Waals surface area contributed by atoms with Crippen LogP contribution in [0.4, 0.5) is 0 Å². The van der Waals surface area contributed by atoms with Gasteiger partial charge in [-0.15, -0.1) is 0 Å². The van der Waals surface area contributed by atoms with Crippen LogP contribution in [0.3, 0.4) is 0 Å². The van der Waals surface area contributed by atoms with Gasteiger partial charge in [0, 0.05) is 11.1 Å². The van der Waals surface area contributed by atoms with Gasteiger partial charge in [-0.1, -0.05) is 55.8 Å². The molecule has 0 aromatic heterocycles. The van der Waals surface area contributed by atoms with E-state index >= 15 is 0 Å². The van der Waals surface area contributed by atoms with Gasteiger partial charge in [-0.25, -0.2) is 5.43 Å². The van der Waals surface area contributed by atoms with Gasteiger partial charge >= 0.3 is 0 Å². The minimum Gasteiger partial charge on any atom is -0.493 e. The number of ether oxygens (including phenoxy) is 2. The first-order valence-corrected chi connectivity index (χ1v) is 10.5. The SMILES string of the molecule is C=CCOc1c(C=NNC(=O)C(NC(=O)c2ccc(Cl)c(Cl)c2)C(C)C)cccc1OC. The Kier molecular flexibility index (Phi) is 9.56. The van der Waals surface area contributed by atoms with Crippen molar-refractivity contribution in [2.45, 2.75) is 19.9 Å². The van der Waals surface area contributed by atoms with Gasteiger partial charge < -0.3 is 14.8 Å². The van der Waals surface area contributed by atoms with Gasteiger partial charge in [-0.05, 0) is 36.2 Å². The van der Waals surface area contributed by atoms with Gasteiger partial charge in [-0.3, -0.25) is 9.59 Å². The number of methoxy groups -OCH3 is 1. The van der Waals surface area contributed by atoms with Crippen molar-refractivity contribution in [3.05, 3.63) is 70.2 Å². The molecule has 0 aliphatic heterocycles. The molecule has 0 aliphatic carbocycles. The lowest BCUT2D eigenvalue weighted by Gasteiger charge is -2.20. The summed E-state index contributed by atoms with van der Waals surface area (Å²) < 4.78 is 11.0. The Balaban J connectivity index is 2.12. The van der Waals surface area contributed by atoms with Crippen LogP contribution in [0, 0.1) is 5.92 Å². The van der Waals surface area contributed by atoms with Crippen molar-refractivity contribution in [1.29, 1.82) is 0 Å². The summed E-state index contributed by atoms with van der Waals surface area (Å²) >= 11 is 11.9. The van der Waals surface area contributed by atoms with Gasteiger partial charge in [0.05, 0.1) is 23.4 Å².